The standard InChI is InChI=1S/C23H28N2O5S/c1-16-8-9-17(14-21(16)31(27,28)25-10-12-29-13-11-25)22(26)24-19-15-23(2,3)30-20-7-5-4-6-18(19)20/h4-9,14,19H,10-13,15H2,1-3H3,(H,24,26)/t19-/m0/s1. The molecular weight excluding hydrogens is 416 g/mol. The van der Waals surface area contributed by atoms with Crippen LogP contribution in [0.3, 0.4) is 0 Å². The third-order valence-electron chi connectivity index (χ3n) is 5.72. The quantitative estimate of drug-likeness (QED) is 0.784. The minimum absolute atomic E-state index is 0.162. The second kappa shape index (κ2) is 8.26. The molecule has 31 heavy (non-hydrogen) atoms. The van der Waals surface area contributed by atoms with Crippen LogP contribution in [0, 0.1) is 6.92 Å². The molecule has 166 valence electrons. The second-order valence-corrected chi connectivity index (χ2v) is 10.5. The number of fused-ring (bicyclic) bond motifs is 1. The van der Waals surface area contributed by atoms with E-state index in [1.165, 1.54) is 10.4 Å². The summed E-state index contributed by atoms with van der Waals surface area (Å²) in [6.45, 7) is 7.08. The summed E-state index contributed by atoms with van der Waals surface area (Å²) >= 11 is 0. The molecule has 1 atom stereocenters. The number of amides is 1. The van der Waals surface area contributed by atoms with Gasteiger partial charge in [-0.3, -0.25) is 4.79 Å². The maximum absolute atomic E-state index is 13.1. The van der Waals surface area contributed by atoms with Crippen molar-refractivity contribution in [2.45, 2.75) is 43.7 Å². The predicted molar refractivity (Wildman–Crippen MR) is 117 cm³/mol. The summed E-state index contributed by atoms with van der Waals surface area (Å²) in [6.07, 6.45) is 0.612. The van der Waals surface area contributed by atoms with Gasteiger partial charge in [0.2, 0.25) is 10.0 Å². The Balaban J connectivity index is 1.61. The summed E-state index contributed by atoms with van der Waals surface area (Å²) in [6, 6.07) is 12.3. The molecule has 4 rings (SSSR count). The van der Waals surface area contributed by atoms with Gasteiger partial charge in [-0.15, -0.1) is 0 Å². The molecule has 2 heterocycles. The Bertz CT molecular complexity index is 1090. The monoisotopic (exact) mass is 444 g/mol. The van der Waals surface area contributed by atoms with E-state index in [1.54, 1.807) is 19.1 Å². The largest absolute Gasteiger partial charge is 0.487 e. The molecule has 0 aliphatic carbocycles. The van der Waals surface area contributed by atoms with Crippen molar-refractivity contribution in [3.05, 3.63) is 59.2 Å². The highest BCUT2D eigenvalue weighted by molar-refractivity contribution is 7.89. The highest BCUT2D eigenvalue weighted by atomic mass is 32.2. The number of nitrogens with zero attached hydrogens (tertiary/aromatic N) is 1. The number of hydrogen-bond donors (Lipinski definition) is 1. The molecule has 0 spiro atoms. The van der Waals surface area contributed by atoms with Crippen LogP contribution in [0.5, 0.6) is 5.75 Å². The molecule has 7 nitrogen and oxygen atoms in total. The third-order valence-corrected chi connectivity index (χ3v) is 7.76. The molecule has 0 bridgehead atoms. The molecule has 1 amide bonds. The first kappa shape index (κ1) is 21.8. The number of para-hydroxylation sites is 1. The van der Waals surface area contributed by atoms with Crippen LogP contribution < -0.4 is 10.1 Å². The molecule has 0 radical (unpaired) electrons. The lowest BCUT2D eigenvalue weighted by Crippen LogP contribution is -2.41. The van der Waals surface area contributed by atoms with E-state index in [9.17, 15) is 13.2 Å². The van der Waals surface area contributed by atoms with Gasteiger partial charge in [-0.1, -0.05) is 24.3 Å². The predicted octanol–water partition coefficient (Wildman–Crippen LogP) is 3.05. The lowest BCUT2D eigenvalue weighted by Gasteiger charge is -2.37. The minimum Gasteiger partial charge on any atom is -0.487 e. The van der Waals surface area contributed by atoms with Crippen LogP contribution in [0.25, 0.3) is 0 Å². The van der Waals surface area contributed by atoms with Gasteiger partial charge in [-0.05, 0) is 44.5 Å². The Morgan fingerprint density at radius 3 is 2.58 bits per heavy atom. The summed E-state index contributed by atoms with van der Waals surface area (Å²) in [7, 11) is -3.70. The number of rotatable bonds is 4. The Kier molecular flexibility index (Phi) is 5.81. The van der Waals surface area contributed by atoms with Crippen LogP contribution >= 0.6 is 0 Å². The molecule has 0 saturated carbocycles. The van der Waals surface area contributed by atoms with Gasteiger partial charge >= 0.3 is 0 Å². The summed E-state index contributed by atoms with van der Waals surface area (Å²) in [5, 5.41) is 3.08. The van der Waals surface area contributed by atoms with E-state index in [1.807, 2.05) is 38.1 Å². The number of hydrogen-bond acceptors (Lipinski definition) is 5. The van der Waals surface area contributed by atoms with E-state index in [4.69, 9.17) is 9.47 Å². The molecule has 2 aliphatic rings. The van der Waals surface area contributed by atoms with Gasteiger partial charge < -0.3 is 14.8 Å². The first-order valence-electron chi connectivity index (χ1n) is 10.4. The first-order valence-corrected chi connectivity index (χ1v) is 11.9. The van der Waals surface area contributed by atoms with Crippen LogP contribution in [-0.4, -0.2) is 50.5 Å². The molecule has 1 saturated heterocycles. The zero-order valence-corrected chi connectivity index (χ0v) is 18.9. The smallest absolute Gasteiger partial charge is 0.251 e. The Hall–Kier alpha value is -2.42. The van der Waals surface area contributed by atoms with Crippen LogP contribution in [0.2, 0.25) is 0 Å². The molecule has 8 heteroatoms. The van der Waals surface area contributed by atoms with Gasteiger partial charge in [0.05, 0.1) is 24.2 Å². The first-order chi connectivity index (χ1) is 14.7. The van der Waals surface area contributed by atoms with Crippen molar-refractivity contribution < 1.29 is 22.7 Å². The van der Waals surface area contributed by atoms with E-state index in [0.29, 0.717) is 43.9 Å². The van der Waals surface area contributed by atoms with Crippen LogP contribution in [0.1, 0.15) is 47.8 Å². The average molecular weight is 445 g/mol. The zero-order chi connectivity index (χ0) is 22.2. The molecule has 2 aliphatic heterocycles. The maximum Gasteiger partial charge on any atom is 0.251 e. The number of aryl methyl sites for hydroxylation is 1. The van der Waals surface area contributed by atoms with Crippen LogP contribution in [0.15, 0.2) is 47.4 Å². The minimum atomic E-state index is -3.70. The summed E-state index contributed by atoms with van der Waals surface area (Å²) in [5.74, 6) is 0.444. The fourth-order valence-corrected chi connectivity index (χ4v) is 5.78. The number of morpholine rings is 1. The van der Waals surface area contributed by atoms with Crippen molar-refractivity contribution in [2.24, 2.45) is 0 Å². The lowest BCUT2D eigenvalue weighted by atomic mass is 9.89. The topological polar surface area (TPSA) is 84.9 Å². The normalized spacial score (nSPS) is 21.1. The second-order valence-electron chi connectivity index (χ2n) is 8.63. The molecular formula is C23H28N2O5S. The van der Waals surface area contributed by atoms with Crippen molar-refractivity contribution in [2.75, 3.05) is 26.3 Å². The third kappa shape index (κ3) is 4.46. The number of nitrogens with one attached hydrogen (secondary N) is 1. The molecule has 2 aromatic rings. The number of sulfonamides is 1. The molecule has 0 unspecified atom stereocenters. The van der Waals surface area contributed by atoms with Crippen LogP contribution in [0.4, 0.5) is 0 Å². The van der Waals surface area contributed by atoms with Gasteiger partial charge in [0.25, 0.3) is 5.91 Å². The molecule has 2 aromatic carbocycles. The van der Waals surface area contributed by atoms with Crippen molar-refractivity contribution in [3.63, 3.8) is 0 Å². The van der Waals surface area contributed by atoms with Crippen molar-refractivity contribution in [3.8, 4) is 5.75 Å². The van der Waals surface area contributed by atoms with Gasteiger partial charge in [0, 0.05) is 30.6 Å². The zero-order valence-electron chi connectivity index (χ0n) is 18.1. The summed E-state index contributed by atoms with van der Waals surface area (Å²) in [5.41, 5.74) is 1.42. The summed E-state index contributed by atoms with van der Waals surface area (Å²) < 4.78 is 39.0. The van der Waals surface area contributed by atoms with E-state index < -0.39 is 15.6 Å². The molecule has 1 N–H and O–H groups in total. The van der Waals surface area contributed by atoms with Gasteiger partial charge in [0.1, 0.15) is 11.4 Å². The van der Waals surface area contributed by atoms with E-state index in [-0.39, 0.29) is 16.8 Å². The molecule has 0 aromatic heterocycles. The Labute approximate surface area is 183 Å². The lowest BCUT2D eigenvalue weighted by molar-refractivity contribution is 0.0619. The fraction of sp³-hybridized carbons (Fsp3) is 0.435. The van der Waals surface area contributed by atoms with Gasteiger partial charge in [-0.2, -0.15) is 4.31 Å². The number of carbonyl (C=O) groups is 1. The van der Waals surface area contributed by atoms with E-state index in [2.05, 4.69) is 5.32 Å². The highest BCUT2D eigenvalue weighted by Crippen LogP contribution is 2.39. The Morgan fingerprint density at radius 2 is 1.84 bits per heavy atom. The Morgan fingerprint density at radius 1 is 1.13 bits per heavy atom. The molecule has 1 fully saturated rings. The summed E-state index contributed by atoms with van der Waals surface area (Å²) in [4.78, 5) is 13.3. The SMILES string of the molecule is Cc1ccc(C(=O)N[C@H]2CC(C)(C)Oc3ccccc32)cc1S(=O)(=O)N1CCOCC1. The van der Waals surface area contributed by atoms with Crippen molar-refractivity contribution in [1.82, 2.24) is 9.62 Å². The average Bonchev–Trinajstić information content (AvgIpc) is 2.73. The van der Waals surface area contributed by atoms with Gasteiger partial charge in [0.15, 0.2) is 0 Å². The van der Waals surface area contributed by atoms with Crippen molar-refractivity contribution >= 4 is 15.9 Å². The number of carbonyl (C=O) groups excluding carboxylic acids is 1. The maximum atomic E-state index is 13.1. The van der Waals surface area contributed by atoms with E-state index in [0.717, 1.165) is 11.3 Å². The fourth-order valence-electron chi connectivity index (χ4n) is 4.12. The number of ether oxygens (including phenoxy) is 2. The highest BCUT2D eigenvalue weighted by Gasteiger charge is 2.35. The van der Waals surface area contributed by atoms with Crippen molar-refractivity contribution in [1.29, 1.82) is 0 Å². The van der Waals surface area contributed by atoms with Gasteiger partial charge in [-0.25, -0.2) is 8.42 Å². The van der Waals surface area contributed by atoms with Crippen LogP contribution in [-0.2, 0) is 14.8 Å². The van der Waals surface area contributed by atoms with E-state index >= 15 is 0 Å². The number of benzene rings is 2.